The number of fused-ring (bicyclic) bond motifs is 1. The standard InChI is InChI=1S/C26H29FN6O3/c1-17-4-2-7-21(23(17)36-15-18-5-3-6-19(27)14-18)30-24-22-25(29-16-28-24)31-32-26(22)35-13-12-33-10-8-20(34)9-11-33/h2-7,14,16,20,34H,8-13,15H2,1H3,(H2,28,29,30,31,32). The number of hydrogen-bond donors (Lipinski definition) is 3. The van der Waals surface area contributed by atoms with Crippen molar-refractivity contribution in [3.63, 3.8) is 0 Å². The van der Waals surface area contributed by atoms with Gasteiger partial charge in [-0.3, -0.25) is 10.00 Å². The summed E-state index contributed by atoms with van der Waals surface area (Å²) in [5.41, 5.74) is 2.93. The molecule has 1 fully saturated rings. The average Bonchev–Trinajstić information content (AvgIpc) is 3.29. The number of nitrogens with one attached hydrogen (secondary N) is 2. The van der Waals surface area contributed by atoms with Gasteiger partial charge in [0.2, 0.25) is 5.88 Å². The summed E-state index contributed by atoms with van der Waals surface area (Å²) in [6.45, 7) is 5.09. The maximum atomic E-state index is 13.6. The molecule has 1 aliphatic heterocycles. The largest absolute Gasteiger partial charge is 0.486 e. The lowest BCUT2D eigenvalue weighted by Crippen LogP contribution is -2.38. The summed E-state index contributed by atoms with van der Waals surface area (Å²) in [6, 6.07) is 12.1. The van der Waals surface area contributed by atoms with Crippen LogP contribution in [-0.4, -0.2) is 62.5 Å². The van der Waals surface area contributed by atoms with Crippen molar-refractivity contribution in [1.82, 2.24) is 25.1 Å². The molecule has 0 saturated carbocycles. The van der Waals surface area contributed by atoms with E-state index in [2.05, 4.69) is 30.4 Å². The number of aliphatic hydroxyl groups is 1. The van der Waals surface area contributed by atoms with Crippen LogP contribution in [0.15, 0.2) is 48.8 Å². The van der Waals surface area contributed by atoms with Crippen molar-refractivity contribution < 1.29 is 19.0 Å². The van der Waals surface area contributed by atoms with Crippen LogP contribution in [0.5, 0.6) is 11.6 Å². The second-order valence-corrected chi connectivity index (χ2v) is 8.89. The summed E-state index contributed by atoms with van der Waals surface area (Å²) in [6.07, 6.45) is 2.82. The summed E-state index contributed by atoms with van der Waals surface area (Å²) in [5, 5.41) is 20.9. The highest BCUT2D eigenvalue weighted by Crippen LogP contribution is 2.35. The van der Waals surface area contributed by atoms with Gasteiger partial charge in [0.1, 0.15) is 42.3 Å². The molecule has 36 heavy (non-hydrogen) atoms. The van der Waals surface area contributed by atoms with Crippen molar-refractivity contribution in [2.45, 2.75) is 32.5 Å². The molecule has 3 heterocycles. The number of nitrogens with zero attached hydrogens (tertiary/aromatic N) is 4. The molecule has 188 valence electrons. The van der Waals surface area contributed by atoms with Gasteiger partial charge in [-0.1, -0.05) is 24.3 Å². The Bertz CT molecular complexity index is 1320. The van der Waals surface area contributed by atoms with Gasteiger partial charge in [-0.05, 0) is 49.1 Å². The Labute approximate surface area is 208 Å². The van der Waals surface area contributed by atoms with Crippen LogP contribution in [-0.2, 0) is 6.61 Å². The minimum absolute atomic E-state index is 0.201. The number of anilines is 2. The minimum atomic E-state index is -0.298. The zero-order chi connectivity index (χ0) is 24.9. The van der Waals surface area contributed by atoms with E-state index in [1.54, 1.807) is 6.07 Å². The van der Waals surface area contributed by atoms with Gasteiger partial charge in [0, 0.05) is 19.6 Å². The van der Waals surface area contributed by atoms with E-state index in [1.165, 1.54) is 18.5 Å². The first-order chi connectivity index (χ1) is 17.6. The molecule has 0 atom stereocenters. The van der Waals surface area contributed by atoms with E-state index in [0.29, 0.717) is 40.8 Å². The number of para-hydroxylation sites is 1. The highest BCUT2D eigenvalue weighted by atomic mass is 19.1. The van der Waals surface area contributed by atoms with Crippen molar-refractivity contribution in [2.75, 3.05) is 31.6 Å². The highest BCUT2D eigenvalue weighted by molar-refractivity contribution is 5.93. The van der Waals surface area contributed by atoms with E-state index in [-0.39, 0.29) is 18.5 Å². The number of aryl methyl sites for hydroxylation is 1. The van der Waals surface area contributed by atoms with Crippen LogP contribution < -0.4 is 14.8 Å². The number of ether oxygens (including phenoxy) is 2. The van der Waals surface area contributed by atoms with Gasteiger partial charge < -0.3 is 19.9 Å². The SMILES string of the molecule is Cc1cccc(Nc2ncnc3[nH]nc(OCCN4CCC(O)CC4)c23)c1OCc1cccc(F)c1. The molecule has 0 radical (unpaired) electrons. The maximum Gasteiger partial charge on any atom is 0.246 e. The number of H-pyrrole nitrogens is 1. The lowest BCUT2D eigenvalue weighted by molar-refractivity contribution is 0.0752. The number of benzene rings is 2. The average molecular weight is 493 g/mol. The smallest absolute Gasteiger partial charge is 0.246 e. The van der Waals surface area contributed by atoms with Gasteiger partial charge in [-0.2, -0.15) is 0 Å². The number of piperidine rings is 1. The zero-order valence-electron chi connectivity index (χ0n) is 20.1. The molecule has 1 aliphatic rings. The Balaban J connectivity index is 1.32. The van der Waals surface area contributed by atoms with Gasteiger partial charge in [0.05, 0.1) is 11.8 Å². The van der Waals surface area contributed by atoms with Crippen LogP contribution in [0.2, 0.25) is 0 Å². The van der Waals surface area contributed by atoms with Crippen molar-refractivity contribution in [3.05, 3.63) is 65.7 Å². The fourth-order valence-electron chi connectivity index (χ4n) is 4.30. The van der Waals surface area contributed by atoms with E-state index in [0.717, 1.165) is 43.6 Å². The van der Waals surface area contributed by atoms with Gasteiger partial charge >= 0.3 is 0 Å². The number of halogens is 1. The molecule has 5 rings (SSSR count). The molecule has 1 saturated heterocycles. The summed E-state index contributed by atoms with van der Waals surface area (Å²) >= 11 is 0. The third kappa shape index (κ3) is 5.55. The van der Waals surface area contributed by atoms with Crippen LogP contribution in [0.4, 0.5) is 15.9 Å². The van der Waals surface area contributed by atoms with Crippen molar-refractivity contribution in [3.8, 4) is 11.6 Å². The van der Waals surface area contributed by atoms with Crippen LogP contribution in [0, 0.1) is 12.7 Å². The predicted molar refractivity (Wildman–Crippen MR) is 134 cm³/mol. The summed E-state index contributed by atoms with van der Waals surface area (Å²) in [5.74, 6) is 1.30. The van der Waals surface area contributed by atoms with Crippen molar-refractivity contribution in [1.29, 1.82) is 0 Å². The van der Waals surface area contributed by atoms with E-state index >= 15 is 0 Å². The molecule has 2 aromatic carbocycles. The van der Waals surface area contributed by atoms with Gasteiger partial charge in [-0.25, -0.2) is 14.4 Å². The third-order valence-corrected chi connectivity index (χ3v) is 6.27. The quantitative estimate of drug-likeness (QED) is 0.322. The molecule has 0 unspecified atom stereocenters. The minimum Gasteiger partial charge on any atom is -0.486 e. The van der Waals surface area contributed by atoms with Crippen LogP contribution in [0.25, 0.3) is 11.0 Å². The third-order valence-electron chi connectivity index (χ3n) is 6.27. The lowest BCUT2D eigenvalue weighted by atomic mass is 10.1. The molecule has 0 aliphatic carbocycles. The van der Waals surface area contributed by atoms with Gasteiger partial charge in [0.25, 0.3) is 0 Å². The number of hydrogen-bond acceptors (Lipinski definition) is 8. The van der Waals surface area contributed by atoms with E-state index in [9.17, 15) is 9.50 Å². The highest BCUT2D eigenvalue weighted by Gasteiger charge is 2.19. The molecule has 9 nitrogen and oxygen atoms in total. The van der Waals surface area contributed by atoms with Crippen LogP contribution in [0.3, 0.4) is 0 Å². The first kappa shape index (κ1) is 24.0. The predicted octanol–water partition coefficient (Wildman–Crippen LogP) is 3.96. The molecule has 0 bridgehead atoms. The zero-order valence-corrected chi connectivity index (χ0v) is 20.1. The lowest BCUT2D eigenvalue weighted by Gasteiger charge is -2.29. The second kappa shape index (κ2) is 10.9. The fourth-order valence-corrected chi connectivity index (χ4v) is 4.30. The Kier molecular flexibility index (Phi) is 7.24. The molecular weight excluding hydrogens is 463 g/mol. The van der Waals surface area contributed by atoms with Crippen LogP contribution >= 0.6 is 0 Å². The number of likely N-dealkylation sites (tertiary alicyclic amines) is 1. The van der Waals surface area contributed by atoms with E-state index in [4.69, 9.17) is 9.47 Å². The number of rotatable bonds is 9. The monoisotopic (exact) mass is 492 g/mol. The molecule has 0 amide bonds. The summed E-state index contributed by atoms with van der Waals surface area (Å²) in [4.78, 5) is 11.0. The normalized spacial score (nSPS) is 14.8. The first-order valence-corrected chi connectivity index (χ1v) is 12.0. The molecule has 4 aromatic rings. The molecule has 0 spiro atoms. The number of aromatic amines is 1. The molecule has 10 heteroatoms. The number of aromatic nitrogens is 4. The van der Waals surface area contributed by atoms with Crippen LogP contribution in [0.1, 0.15) is 24.0 Å². The Morgan fingerprint density at radius 3 is 2.81 bits per heavy atom. The molecule has 2 aromatic heterocycles. The summed E-state index contributed by atoms with van der Waals surface area (Å²) < 4.78 is 25.7. The fraction of sp³-hybridized carbons (Fsp3) is 0.346. The van der Waals surface area contributed by atoms with Crippen molar-refractivity contribution in [2.24, 2.45) is 0 Å². The topological polar surface area (TPSA) is 108 Å². The Hall–Kier alpha value is -3.76. The van der Waals surface area contributed by atoms with Gasteiger partial charge in [0.15, 0.2) is 5.65 Å². The number of aliphatic hydroxyl groups excluding tert-OH is 1. The molecular formula is C26H29FN6O3. The van der Waals surface area contributed by atoms with E-state index in [1.807, 2.05) is 31.2 Å². The maximum absolute atomic E-state index is 13.6. The van der Waals surface area contributed by atoms with Crippen molar-refractivity contribution >= 4 is 22.5 Å². The Morgan fingerprint density at radius 1 is 1.14 bits per heavy atom. The Morgan fingerprint density at radius 2 is 1.97 bits per heavy atom. The molecule has 3 N–H and O–H groups in total. The summed E-state index contributed by atoms with van der Waals surface area (Å²) in [7, 11) is 0. The first-order valence-electron chi connectivity index (χ1n) is 12.0. The van der Waals surface area contributed by atoms with E-state index < -0.39 is 0 Å². The second-order valence-electron chi connectivity index (χ2n) is 8.89. The van der Waals surface area contributed by atoms with Gasteiger partial charge in [-0.15, -0.1) is 5.10 Å².